The number of nitrogens with zero attached hydrogens (tertiary/aromatic N) is 3. The molecule has 0 spiro atoms. The van der Waals surface area contributed by atoms with Crippen LogP contribution in [0.5, 0.6) is 11.5 Å². The van der Waals surface area contributed by atoms with Gasteiger partial charge >= 0.3 is 0 Å². The van der Waals surface area contributed by atoms with Gasteiger partial charge < -0.3 is 19.7 Å². The predicted octanol–water partition coefficient (Wildman–Crippen LogP) is 2.97. The summed E-state index contributed by atoms with van der Waals surface area (Å²) < 4.78 is 11.1. The number of carbonyl (C=O) groups excluding carboxylic acids is 2. The van der Waals surface area contributed by atoms with Gasteiger partial charge in [0.2, 0.25) is 11.8 Å². The highest BCUT2D eigenvalue weighted by Gasteiger charge is 2.36. The summed E-state index contributed by atoms with van der Waals surface area (Å²) in [4.78, 5) is 35.6. The number of fused-ring (bicyclic) bond motifs is 1. The zero-order valence-corrected chi connectivity index (χ0v) is 16.7. The maximum Gasteiger partial charge on any atom is 0.231 e. The van der Waals surface area contributed by atoms with Crippen LogP contribution in [-0.4, -0.2) is 41.5 Å². The second-order valence-corrected chi connectivity index (χ2v) is 7.83. The zero-order chi connectivity index (χ0) is 20.5. The van der Waals surface area contributed by atoms with Crippen molar-refractivity contribution in [2.24, 2.45) is 5.92 Å². The average Bonchev–Trinajstić information content (AvgIpc) is 3.41. The molecule has 0 aliphatic carbocycles. The number of benzene rings is 1. The second kappa shape index (κ2) is 7.75. The van der Waals surface area contributed by atoms with Crippen molar-refractivity contribution in [1.29, 1.82) is 0 Å². The lowest BCUT2D eigenvalue weighted by Gasteiger charge is -2.22. The Morgan fingerprint density at radius 2 is 2.00 bits per heavy atom. The Morgan fingerprint density at radius 1 is 1.13 bits per heavy atom. The topological polar surface area (TPSA) is 93.7 Å². The van der Waals surface area contributed by atoms with Gasteiger partial charge in [0.25, 0.3) is 0 Å². The molecule has 0 saturated carbocycles. The number of nitrogens with one attached hydrogen (secondary N) is 1. The smallest absolute Gasteiger partial charge is 0.231 e. The fourth-order valence-corrected chi connectivity index (χ4v) is 4.21. The molecular weight excluding hydrogens is 404 g/mol. The third kappa shape index (κ3) is 3.59. The molecule has 5 rings (SSSR count). The number of pyridine rings is 1. The Balaban J connectivity index is 1.26. The summed E-state index contributed by atoms with van der Waals surface area (Å²) in [5.41, 5.74) is 2.15. The molecule has 152 valence electrons. The fourth-order valence-electron chi connectivity index (χ4n) is 3.50. The van der Waals surface area contributed by atoms with Crippen molar-refractivity contribution in [3.63, 3.8) is 0 Å². The van der Waals surface area contributed by atoms with Crippen LogP contribution in [0.4, 0.5) is 10.8 Å². The molecule has 9 heteroatoms. The number of aromatic nitrogens is 2. The molecule has 1 N–H and O–H groups in total. The molecular formula is C21H18N4O4S. The Bertz CT molecular complexity index is 1100. The molecule has 2 aromatic heterocycles. The minimum Gasteiger partial charge on any atom is -0.486 e. The molecule has 0 unspecified atom stereocenters. The lowest BCUT2D eigenvalue weighted by molar-refractivity contribution is -0.122. The van der Waals surface area contributed by atoms with Crippen molar-refractivity contribution in [1.82, 2.24) is 9.97 Å². The summed E-state index contributed by atoms with van der Waals surface area (Å²) in [5.74, 6) is 0.515. The molecule has 8 nitrogen and oxygen atoms in total. The molecule has 2 amide bonds. The molecule has 0 bridgehead atoms. The standard InChI is InChI=1S/C21H18N4O4S/c26-19-9-13(11-25(19)14-4-5-17-18(10-14)29-8-7-28-17)20(27)24-21-23-16(12-30-21)15-3-1-2-6-22-15/h1-6,10,12-13H,7-9,11H2,(H,23,24,27)/t13-/m0/s1. The number of ether oxygens (including phenoxy) is 2. The molecule has 4 heterocycles. The second-order valence-electron chi connectivity index (χ2n) is 6.98. The first-order chi connectivity index (χ1) is 14.7. The van der Waals surface area contributed by atoms with E-state index in [2.05, 4.69) is 15.3 Å². The van der Waals surface area contributed by atoms with Crippen LogP contribution in [0.25, 0.3) is 11.4 Å². The molecule has 30 heavy (non-hydrogen) atoms. The third-order valence-electron chi connectivity index (χ3n) is 4.99. The fraction of sp³-hybridized carbons (Fsp3) is 0.238. The van der Waals surface area contributed by atoms with E-state index >= 15 is 0 Å². The van der Waals surface area contributed by atoms with Crippen LogP contribution in [0, 0.1) is 5.92 Å². The van der Waals surface area contributed by atoms with Crippen molar-refractivity contribution in [3.05, 3.63) is 48.0 Å². The van der Waals surface area contributed by atoms with Gasteiger partial charge in [0, 0.05) is 36.3 Å². The summed E-state index contributed by atoms with van der Waals surface area (Å²) in [7, 11) is 0. The summed E-state index contributed by atoms with van der Waals surface area (Å²) in [6.45, 7) is 1.29. The van der Waals surface area contributed by atoms with Crippen LogP contribution < -0.4 is 19.7 Å². The van der Waals surface area contributed by atoms with Crippen LogP contribution in [0.1, 0.15) is 6.42 Å². The van der Waals surface area contributed by atoms with Crippen molar-refractivity contribution in [2.75, 3.05) is 30.0 Å². The number of hydrogen-bond acceptors (Lipinski definition) is 7. The van der Waals surface area contributed by atoms with E-state index < -0.39 is 5.92 Å². The van der Waals surface area contributed by atoms with E-state index in [0.29, 0.717) is 47.8 Å². The number of amides is 2. The lowest BCUT2D eigenvalue weighted by Crippen LogP contribution is -2.28. The highest BCUT2D eigenvalue weighted by molar-refractivity contribution is 7.14. The monoisotopic (exact) mass is 422 g/mol. The van der Waals surface area contributed by atoms with E-state index in [1.54, 1.807) is 23.2 Å². The first-order valence-corrected chi connectivity index (χ1v) is 10.4. The number of hydrogen-bond donors (Lipinski definition) is 1. The van der Waals surface area contributed by atoms with Gasteiger partial charge in [-0.15, -0.1) is 11.3 Å². The predicted molar refractivity (Wildman–Crippen MR) is 112 cm³/mol. The highest BCUT2D eigenvalue weighted by atomic mass is 32.1. The lowest BCUT2D eigenvalue weighted by atomic mass is 10.1. The van der Waals surface area contributed by atoms with E-state index in [1.807, 2.05) is 29.6 Å². The summed E-state index contributed by atoms with van der Waals surface area (Å²) in [6, 6.07) is 11.0. The maximum atomic E-state index is 12.7. The highest BCUT2D eigenvalue weighted by Crippen LogP contribution is 2.36. The van der Waals surface area contributed by atoms with Gasteiger partial charge in [-0.3, -0.25) is 14.6 Å². The number of thiazole rings is 1. The third-order valence-corrected chi connectivity index (χ3v) is 5.75. The van der Waals surface area contributed by atoms with E-state index in [4.69, 9.17) is 9.47 Å². The maximum absolute atomic E-state index is 12.7. The van der Waals surface area contributed by atoms with Gasteiger partial charge in [0.05, 0.1) is 11.6 Å². The van der Waals surface area contributed by atoms with Crippen molar-refractivity contribution in [3.8, 4) is 22.9 Å². The Hall–Kier alpha value is -3.46. The van der Waals surface area contributed by atoms with Gasteiger partial charge in [-0.2, -0.15) is 0 Å². The number of rotatable bonds is 4. The van der Waals surface area contributed by atoms with Gasteiger partial charge in [0.1, 0.15) is 18.9 Å². The van der Waals surface area contributed by atoms with Crippen LogP contribution in [0.15, 0.2) is 48.0 Å². The van der Waals surface area contributed by atoms with Crippen LogP contribution in [0.2, 0.25) is 0 Å². The minimum absolute atomic E-state index is 0.0971. The number of carbonyl (C=O) groups is 2. The van der Waals surface area contributed by atoms with Crippen LogP contribution >= 0.6 is 11.3 Å². The summed E-state index contributed by atoms with van der Waals surface area (Å²) in [5, 5.41) is 5.17. The summed E-state index contributed by atoms with van der Waals surface area (Å²) >= 11 is 1.33. The quantitative estimate of drug-likeness (QED) is 0.695. The van der Waals surface area contributed by atoms with E-state index in [0.717, 1.165) is 5.69 Å². The molecule has 1 fully saturated rings. The van der Waals surface area contributed by atoms with Crippen LogP contribution in [0.3, 0.4) is 0 Å². The number of anilines is 2. The molecule has 2 aliphatic rings. The summed E-state index contributed by atoms with van der Waals surface area (Å²) in [6.07, 6.45) is 1.85. The zero-order valence-electron chi connectivity index (χ0n) is 15.9. The van der Waals surface area contributed by atoms with Gasteiger partial charge in [-0.1, -0.05) is 6.07 Å². The normalized spacial score (nSPS) is 17.8. The Labute approximate surface area is 176 Å². The van der Waals surface area contributed by atoms with Crippen molar-refractivity contribution < 1.29 is 19.1 Å². The largest absolute Gasteiger partial charge is 0.486 e. The average molecular weight is 422 g/mol. The Kier molecular flexibility index (Phi) is 4.80. The molecule has 3 aromatic rings. The van der Waals surface area contributed by atoms with Crippen molar-refractivity contribution in [2.45, 2.75) is 6.42 Å². The first-order valence-electron chi connectivity index (χ1n) is 9.55. The van der Waals surface area contributed by atoms with Gasteiger partial charge in [-0.05, 0) is 24.3 Å². The first kappa shape index (κ1) is 18.6. The van der Waals surface area contributed by atoms with Gasteiger partial charge in [0.15, 0.2) is 16.6 Å². The molecule has 2 aliphatic heterocycles. The molecule has 1 aromatic carbocycles. The molecule has 0 radical (unpaired) electrons. The molecule has 1 saturated heterocycles. The van der Waals surface area contributed by atoms with Crippen molar-refractivity contribution >= 4 is 34.0 Å². The van der Waals surface area contributed by atoms with Crippen LogP contribution in [-0.2, 0) is 9.59 Å². The van der Waals surface area contributed by atoms with E-state index in [-0.39, 0.29) is 18.2 Å². The SMILES string of the molecule is O=C(Nc1nc(-c2ccccn2)cs1)[C@H]1CC(=O)N(c2ccc3c(c2)OCCO3)C1. The van der Waals surface area contributed by atoms with Gasteiger partial charge in [-0.25, -0.2) is 4.98 Å². The van der Waals surface area contributed by atoms with E-state index in [1.165, 1.54) is 11.3 Å². The Morgan fingerprint density at radius 3 is 2.83 bits per heavy atom. The molecule has 1 atom stereocenters. The van der Waals surface area contributed by atoms with E-state index in [9.17, 15) is 9.59 Å². The minimum atomic E-state index is -0.451.